The van der Waals surface area contributed by atoms with E-state index in [0.29, 0.717) is 18.0 Å². The highest BCUT2D eigenvalue weighted by molar-refractivity contribution is 7.90. The van der Waals surface area contributed by atoms with Crippen LogP contribution in [0.4, 0.5) is 4.79 Å². The van der Waals surface area contributed by atoms with Crippen molar-refractivity contribution in [1.29, 1.82) is 0 Å². The summed E-state index contributed by atoms with van der Waals surface area (Å²) in [4.78, 5) is 19.2. The lowest BCUT2D eigenvalue weighted by atomic mass is 9.94. The van der Waals surface area contributed by atoms with Gasteiger partial charge in [-0.3, -0.25) is 4.98 Å². The number of rotatable bonds is 4. The molecular formula is C26H28N2O4S. The van der Waals surface area contributed by atoms with Crippen LogP contribution in [-0.2, 0) is 21.0 Å². The number of carbonyl (C=O) groups is 1. The van der Waals surface area contributed by atoms with E-state index in [2.05, 4.69) is 23.2 Å². The summed E-state index contributed by atoms with van der Waals surface area (Å²) in [6.07, 6.45) is 13.0. The number of amides is 1. The zero-order valence-electron chi connectivity index (χ0n) is 18.8. The number of allylic oxidation sites excluding steroid dienone is 2. The Hall–Kier alpha value is -2.93. The van der Waals surface area contributed by atoms with E-state index in [1.807, 2.05) is 12.3 Å². The quantitative estimate of drug-likeness (QED) is 0.649. The smallest absolute Gasteiger partial charge is 0.410 e. The normalized spacial score (nSPS) is 18.6. The third kappa shape index (κ3) is 4.60. The molecule has 172 valence electrons. The van der Waals surface area contributed by atoms with Gasteiger partial charge in [0.25, 0.3) is 0 Å². The number of hydrogen-bond acceptors (Lipinski definition) is 5. The van der Waals surface area contributed by atoms with Crippen molar-refractivity contribution in [3.63, 3.8) is 0 Å². The molecule has 1 aliphatic heterocycles. The third-order valence-electron chi connectivity index (χ3n) is 6.74. The first-order valence-corrected chi connectivity index (χ1v) is 13.4. The van der Waals surface area contributed by atoms with Crippen LogP contribution in [0.3, 0.4) is 0 Å². The van der Waals surface area contributed by atoms with Gasteiger partial charge in [0.05, 0.1) is 10.6 Å². The van der Waals surface area contributed by atoms with Gasteiger partial charge in [-0.25, -0.2) is 13.2 Å². The van der Waals surface area contributed by atoms with Gasteiger partial charge in [0.1, 0.15) is 6.10 Å². The zero-order chi connectivity index (χ0) is 23.0. The third-order valence-corrected chi connectivity index (χ3v) is 7.85. The fourth-order valence-corrected chi connectivity index (χ4v) is 5.54. The van der Waals surface area contributed by atoms with Crippen LogP contribution in [-0.4, -0.2) is 49.8 Å². The van der Waals surface area contributed by atoms with Gasteiger partial charge >= 0.3 is 6.09 Å². The van der Waals surface area contributed by atoms with Crippen LogP contribution in [0.2, 0.25) is 0 Å². The monoisotopic (exact) mass is 464 g/mol. The second kappa shape index (κ2) is 8.78. The zero-order valence-corrected chi connectivity index (χ0v) is 19.6. The van der Waals surface area contributed by atoms with Gasteiger partial charge in [-0.05, 0) is 67.0 Å². The first kappa shape index (κ1) is 21.9. The molecule has 2 aromatic rings. The molecule has 1 aromatic carbocycles. The van der Waals surface area contributed by atoms with E-state index in [1.165, 1.54) is 17.4 Å². The molecule has 7 heteroatoms. The fourth-order valence-electron chi connectivity index (χ4n) is 4.87. The van der Waals surface area contributed by atoms with Crippen molar-refractivity contribution in [2.24, 2.45) is 0 Å². The SMILES string of the molecule is CS(=O)(=O)c1cccc(-c2cnc3c(c2)C(C2=CCN(C(=O)OC4CCCC4)CC2)=CC3)c1. The van der Waals surface area contributed by atoms with Gasteiger partial charge in [-0.15, -0.1) is 0 Å². The Bertz CT molecular complexity index is 1260. The molecule has 0 atom stereocenters. The summed E-state index contributed by atoms with van der Waals surface area (Å²) in [5.74, 6) is 0. The number of sulfone groups is 1. The molecule has 1 fully saturated rings. The van der Waals surface area contributed by atoms with Gasteiger partial charge in [0.2, 0.25) is 0 Å². The molecule has 0 spiro atoms. The van der Waals surface area contributed by atoms with Crippen LogP contribution in [0.5, 0.6) is 0 Å². The van der Waals surface area contributed by atoms with Gasteiger partial charge < -0.3 is 9.64 Å². The first-order valence-electron chi connectivity index (χ1n) is 11.5. The molecule has 1 aromatic heterocycles. The molecule has 0 unspecified atom stereocenters. The molecule has 2 heterocycles. The van der Waals surface area contributed by atoms with E-state index in [9.17, 15) is 13.2 Å². The van der Waals surface area contributed by atoms with Crippen molar-refractivity contribution in [3.05, 3.63) is 65.5 Å². The van der Waals surface area contributed by atoms with Crippen molar-refractivity contribution in [2.45, 2.75) is 49.5 Å². The van der Waals surface area contributed by atoms with Crippen LogP contribution in [0.25, 0.3) is 16.7 Å². The van der Waals surface area contributed by atoms with Crippen molar-refractivity contribution < 1.29 is 17.9 Å². The van der Waals surface area contributed by atoms with Crippen molar-refractivity contribution in [3.8, 4) is 11.1 Å². The van der Waals surface area contributed by atoms with Gasteiger partial charge in [0.15, 0.2) is 9.84 Å². The molecule has 1 amide bonds. The molecular weight excluding hydrogens is 436 g/mol. The molecule has 0 bridgehead atoms. The maximum atomic E-state index is 12.5. The first-order chi connectivity index (χ1) is 15.9. The lowest BCUT2D eigenvalue weighted by Crippen LogP contribution is -2.37. The van der Waals surface area contributed by atoms with Crippen LogP contribution >= 0.6 is 0 Å². The minimum absolute atomic E-state index is 0.0815. The fraction of sp³-hybridized carbons (Fsp3) is 0.385. The molecule has 1 saturated carbocycles. The van der Waals surface area contributed by atoms with Gasteiger partial charge in [0, 0.05) is 43.1 Å². The average molecular weight is 465 g/mol. The lowest BCUT2D eigenvalue weighted by Gasteiger charge is -2.27. The van der Waals surface area contributed by atoms with E-state index >= 15 is 0 Å². The Balaban J connectivity index is 1.34. The number of ether oxygens (including phenoxy) is 1. The van der Waals surface area contributed by atoms with E-state index in [0.717, 1.165) is 60.9 Å². The minimum atomic E-state index is -3.28. The number of carbonyl (C=O) groups excluding carboxylic acids is 1. The minimum Gasteiger partial charge on any atom is -0.446 e. The number of nitrogens with zero attached hydrogens (tertiary/aromatic N) is 2. The average Bonchev–Trinajstić information content (AvgIpc) is 3.48. The number of benzene rings is 1. The number of pyridine rings is 1. The number of fused-ring (bicyclic) bond motifs is 1. The second-order valence-electron chi connectivity index (χ2n) is 9.06. The summed E-state index contributed by atoms with van der Waals surface area (Å²) >= 11 is 0. The van der Waals surface area contributed by atoms with Gasteiger partial charge in [-0.1, -0.05) is 24.3 Å². The molecule has 5 rings (SSSR count). The summed E-state index contributed by atoms with van der Waals surface area (Å²) < 4.78 is 29.6. The maximum absolute atomic E-state index is 12.5. The predicted molar refractivity (Wildman–Crippen MR) is 127 cm³/mol. The van der Waals surface area contributed by atoms with Crippen LogP contribution in [0, 0.1) is 0 Å². The highest BCUT2D eigenvalue weighted by Crippen LogP contribution is 2.37. The molecule has 33 heavy (non-hydrogen) atoms. The lowest BCUT2D eigenvalue weighted by molar-refractivity contribution is 0.0676. The highest BCUT2D eigenvalue weighted by atomic mass is 32.2. The molecule has 0 radical (unpaired) electrons. The number of aromatic nitrogens is 1. The van der Waals surface area contributed by atoms with Gasteiger partial charge in [-0.2, -0.15) is 0 Å². The predicted octanol–water partition coefficient (Wildman–Crippen LogP) is 4.80. The Morgan fingerprint density at radius 1 is 1.12 bits per heavy atom. The van der Waals surface area contributed by atoms with E-state index < -0.39 is 9.84 Å². The van der Waals surface area contributed by atoms with E-state index in [-0.39, 0.29) is 12.2 Å². The van der Waals surface area contributed by atoms with Crippen molar-refractivity contribution in [1.82, 2.24) is 9.88 Å². The molecule has 6 nitrogen and oxygen atoms in total. The number of hydrogen-bond donors (Lipinski definition) is 0. The standard InChI is InChI=1S/C26H28N2O4S/c1-33(30,31)22-8-4-5-19(15-22)20-16-24-23(9-10-25(24)27-17-20)18-11-13-28(14-12-18)26(29)32-21-6-2-3-7-21/h4-5,8-9,11,15-17,21H,2-3,6-7,10,12-14H2,1H3. The summed E-state index contributed by atoms with van der Waals surface area (Å²) in [7, 11) is -3.28. The Labute approximate surface area is 194 Å². The Morgan fingerprint density at radius 3 is 2.67 bits per heavy atom. The molecule has 3 aliphatic rings. The summed E-state index contributed by atoms with van der Waals surface area (Å²) in [5.41, 5.74) is 6.23. The summed E-state index contributed by atoms with van der Waals surface area (Å²) in [6, 6.07) is 9.08. The maximum Gasteiger partial charge on any atom is 0.410 e. The summed E-state index contributed by atoms with van der Waals surface area (Å²) in [5, 5.41) is 0. The summed E-state index contributed by atoms with van der Waals surface area (Å²) in [6.45, 7) is 1.20. The van der Waals surface area contributed by atoms with Crippen molar-refractivity contribution in [2.75, 3.05) is 19.3 Å². The van der Waals surface area contributed by atoms with E-state index in [4.69, 9.17) is 4.74 Å². The highest BCUT2D eigenvalue weighted by Gasteiger charge is 2.27. The molecule has 2 aliphatic carbocycles. The molecule has 0 saturated heterocycles. The van der Waals surface area contributed by atoms with Crippen LogP contribution in [0.1, 0.15) is 43.4 Å². The Kier molecular flexibility index (Phi) is 5.83. The largest absolute Gasteiger partial charge is 0.446 e. The van der Waals surface area contributed by atoms with Crippen LogP contribution < -0.4 is 0 Å². The molecule has 0 N–H and O–H groups in total. The van der Waals surface area contributed by atoms with E-state index in [1.54, 1.807) is 23.1 Å². The van der Waals surface area contributed by atoms with Crippen LogP contribution in [0.15, 0.2) is 59.1 Å². The van der Waals surface area contributed by atoms with Crippen molar-refractivity contribution >= 4 is 21.5 Å². The Morgan fingerprint density at radius 2 is 1.94 bits per heavy atom. The topological polar surface area (TPSA) is 76.6 Å². The second-order valence-corrected chi connectivity index (χ2v) is 11.1.